The van der Waals surface area contributed by atoms with Gasteiger partial charge in [-0.2, -0.15) is 0 Å². The minimum Gasteiger partial charge on any atom is -0.347 e. The minimum absolute atomic E-state index is 0.0150. The van der Waals surface area contributed by atoms with Crippen molar-refractivity contribution < 1.29 is 4.79 Å². The molecule has 0 saturated heterocycles. The molecule has 1 rings (SSSR count). The van der Waals surface area contributed by atoms with Gasteiger partial charge >= 0.3 is 0 Å². The van der Waals surface area contributed by atoms with E-state index in [-0.39, 0.29) is 11.9 Å². The van der Waals surface area contributed by atoms with Crippen LogP contribution in [0.15, 0.2) is 12.1 Å². The molecule has 1 aromatic rings. The van der Waals surface area contributed by atoms with Gasteiger partial charge in [0.1, 0.15) is 0 Å². The molecule has 1 amide bonds. The van der Waals surface area contributed by atoms with Crippen LogP contribution < -0.4 is 11.1 Å². The highest BCUT2D eigenvalue weighted by molar-refractivity contribution is 7.14. The first kappa shape index (κ1) is 14.2. The second kappa shape index (κ2) is 7.45. The van der Waals surface area contributed by atoms with Gasteiger partial charge in [0.05, 0.1) is 4.88 Å². The summed E-state index contributed by atoms with van der Waals surface area (Å²) in [6, 6.07) is 4.02. The molecule has 1 atom stereocenters. The molecule has 0 radical (unpaired) electrons. The Morgan fingerprint density at radius 1 is 1.47 bits per heavy atom. The largest absolute Gasteiger partial charge is 0.347 e. The van der Waals surface area contributed by atoms with Crippen LogP contribution in [0.25, 0.3) is 0 Å². The Balaban J connectivity index is 2.51. The number of rotatable bonds is 7. The van der Waals surface area contributed by atoms with E-state index in [1.165, 1.54) is 4.88 Å². The van der Waals surface area contributed by atoms with Crippen LogP contribution in [0.5, 0.6) is 0 Å². The summed E-state index contributed by atoms with van der Waals surface area (Å²) in [5.41, 5.74) is 5.66. The Morgan fingerprint density at radius 3 is 2.76 bits per heavy atom. The molecule has 0 fully saturated rings. The molecule has 0 saturated carbocycles. The standard InChI is InChI=1S/C13H22N2OS/c1-3-5-6-10(9-14)15-13(16)12-8-7-11(4-2)17-12/h7-8,10H,3-6,9,14H2,1-2H3,(H,15,16). The molecule has 96 valence electrons. The molecule has 1 heterocycles. The van der Waals surface area contributed by atoms with Gasteiger partial charge in [-0.05, 0) is 25.0 Å². The second-order valence-corrected chi connectivity index (χ2v) is 5.34. The average Bonchev–Trinajstić information content (AvgIpc) is 2.83. The predicted octanol–water partition coefficient (Wildman–Crippen LogP) is 2.56. The smallest absolute Gasteiger partial charge is 0.261 e. The number of nitrogens with two attached hydrogens (primary N) is 1. The zero-order valence-corrected chi connectivity index (χ0v) is 11.5. The molecule has 0 bridgehead atoms. The summed E-state index contributed by atoms with van der Waals surface area (Å²) in [5, 5.41) is 3.00. The monoisotopic (exact) mass is 254 g/mol. The van der Waals surface area contributed by atoms with E-state index < -0.39 is 0 Å². The van der Waals surface area contributed by atoms with Gasteiger partial charge in [0.15, 0.2) is 0 Å². The predicted molar refractivity (Wildman–Crippen MR) is 73.5 cm³/mol. The third-order valence-corrected chi connectivity index (χ3v) is 3.99. The Bertz CT molecular complexity index is 349. The zero-order chi connectivity index (χ0) is 12.7. The molecule has 1 unspecified atom stereocenters. The number of hydrogen-bond acceptors (Lipinski definition) is 3. The minimum atomic E-state index is 0.0150. The summed E-state index contributed by atoms with van der Waals surface area (Å²) < 4.78 is 0. The maximum atomic E-state index is 12.0. The number of carbonyl (C=O) groups is 1. The molecule has 0 aromatic carbocycles. The van der Waals surface area contributed by atoms with Crippen molar-refractivity contribution in [2.75, 3.05) is 6.54 Å². The maximum absolute atomic E-state index is 12.0. The highest BCUT2D eigenvalue weighted by Gasteiger charge is 2.13. The summed E-state index contributed by atoms with van der Waals surface area (Å²) in [6.07, 6.45) is 4.18. The third-order valence-electron chi connectivity index (χ3n) is 2.76. The van der Waals surface area contributed by atoms with Crippen LogP contribution in [0, 0.1) is 0 Å². The molecule has 17 heavy (non-hydrogen) atoms. The van der Waals surface area contributed by atoms with Crippen LogP contribution in [-0.4, -0.2) is 18.5 Å². The quantitative estimate of drug-likeness (QED) is 0.785. The van der Waals surface area contributed by atoms with Gasteiger partial charge in [-0.15, -0.1) is 11.3 Å². The van der Waals surface area contributed by atoms with E-state index in [1.54, 1.807) is 11.3 Å². The van der Waals surface area contributed by atoms with Crippen LogP contribution in [-0.2, 0) is 6.42 Å². The molecule has 3 N–H and O–H groups in total. The van der Waals surface area contributed by atoms with E-state index in [0.29, 0.717) is 6.54 Å². The number of carbonyl (C=O) groups excluding carboxylic acids is 1. The summed E-state index contributed by atoms with van der Waals surface area (Å²) in [6.45, 7) is 4.75. The van der Waals surface area contributed by atoms with Crippen LogP contribution >= 0.6 is 11.3 Å². The van der Waals surface area contributed by atoms with Crippen molar-refractivity contribution >= 4 is 17.2 Å². The molecular formula is C13H22N2OS. The van der Waals surface area contributed by atoms with Crippen LogP contribution in [0.2, 0.25) is 0 Å². The fraction of sp³-hybridized carbons (Fsp3) is 0.615. The summed E-state index contributed by atoms with van der Waals surface area (Å²) >= 11 is 1.56. The SMILES string of the molecule is CCCCC(CN)NC(=O)c1ccc(CC)s1. The van der Waals surface area contributed by atoms with E-state index in [1.807, 2.05) is 12.1 Å². The van der Waals surface area contributed by atoms with Gasteiger partial charge in [-0.25, -0.2) is 0 Å². The number of amides is 1. The lowest BCUT2D eigenvalue weighted by Gasteiger charge is -2.15. The second-order valence-electron chi connectivity index (χ2n) is 4.17. The summed E-state index contributed by atoms with van der Waals surface area (Å²) in [4.78, 5) is 14.0. The topological polar surface area (TPSA) is 55.1 Å². The molecule has 0 aliphatic rings. The van der Waals surface area contributed by atoms with E-state index in [9.17, 15) is 4.79 Å². The molecular weight excluding hydrogens is 232 g/mol. The van der Waals surface area contributed by atoms with E-state index in [4.69, 9.17) is 5.73 Å². The van der Waals surface area contributed by atoms with Crippen molar-refractivity contribution in [3.63, 3.8) is 0 Å². The number of unbranched alkanes of at least 4 members (excludes halogenated alkanes) is 1. The fourth-order valence-electron chi connectivity index (χ4n) is 1.65. The molecule has 0 spiro atoms. The Hall–Kier alpha value is -0.870. The van der Waals surface area contributed by atoms with E-state index in [2.05, 4.69) is 19.2 Å². The van der Waals surface area contributed by atoms with Crippen molar-refractivity contribution in [1.29, 1.82) is 0 Å². The van der Waals surface area contributed by atoms with Crippen molar-refractivity contribution in [2.24, 2.45) is 5.73 Å². The van der Waals surface area contributed by atoms with Crippen LogP contribution in [0.3, 0.4) is 0 Å². The van der Waals surface area contributed by atoms with Crippen LogP contribution in [0.1, 0.15) is 47.7 Å². The molecule has 3 nitrogen and oxygen atoms in total. The number of hydrogen-bond donors (Lipinski definition) is 2. The highest BCUT2D eigenvalue weighted by Crippen LogP contribution is 2.17. The van der Waals surface area contributed by atoms with Crippen molar-refractivity contribution in [3.8, 4) is 0 Å². The maximum Gasteiger partial charge on any atom is 0.261 e. The normalized spacial score (nSPS) is 12.4. The first-order valence-electron chi connectivity index (χ1n) is 6.30. The lowest BCUT2D eigenvalue weighted by molar-refractivity contribution is 0.0940. The highest BCUT2D eigenvalue weighted by atomic mass is 32.1. The van der Waals surface area contributed by atoms with Crippen molar-refractivity contribution in [3.05, 3.63) is 21.9 Å². The van der Waals surface area contributed by atoms with Gasteiger partial charge in [-0.1, -0.05) is 26.7 Å². The van der Waals surface area contributed by atoms with Crippen LogP contribution in [0.4, 0.5) is 0 Å². The number of nitrogens with one attached hydrogen (secondary N) is 1. The van der Waals surface area contributed by atoms with Crippen molar-refractivity contribution in [1.82, 2.24) is 5.32 Å². The number of thiophene rings is 1. The Morgan fingerprint density at radius 2 is 2.24 bits per heavy atom. The lowest BCUT2D eigenvalue weighted by atomic mass is 10.1. The molecule has 0 aliphatic heterocycles. The van der Waals surface area contributed by atoms with Gasteiger partial charge in [-0.3, -0.25) is 4.79 Å². The first-order valence-corrected chi connectivity index (χ1v) is 7.12. The van der Waals surface area contributed by atoms with Gasteiger partial charge in [0, 0.05) is 17.5 Å². The molecule has 4 heteroatoms. The summed E-state index contributed by atoms with van der Waals surface area (Å²) in [5.74, 6) is 0.0150. The fourth-order valence-corrected chi connectivity index (χ4v) is 2.50. The third kappa shape index (κ3) is 4.48. The van der Waals surface area contributed by atoms with Gasteiger partial charge in [0.25, 0.3) is 5.91 Å². The first-order chi connectivity index (χ1) is 8.21. The summed E-state index contributed by atoms with van der Waals surface area (Å²) in [7, 11) is 0. The Labute approximate surface area is 107 Å². The molecule has 0 aliphatic carbocycles. The van der Waals surface area contributed by atoms with Gasteiger partial charge < -0.3 is 11.1 Å². The average molecular weight is 254 g/mol. The van der Waals surface area contributed by atoms with E-state index >= 15 is 0 Å². The lowest BCUT2D eigenvalue weighted by Crippen LogP contribution is -2.39. The molecule has 1 aromatic heterocycles. The van der Waals surface area contributed by atoms with E-state index in [0.717, 1.165) is 30.6 Å². The zero-order valence-electron chi connectivity index (χ0n) is 10.7. The van der Waals surface area contributed by atoms with Gasteiger partial charge in [0.2, 0.25) is 0 Å². The Kier molecular flexibility index (Phi) is 6.22. The van der Waals surface area contributed by atoms with Crippen molar-refractivity contribution in [2.45, 2.75) is 45.6 Å². The number of aryl methyl sites for hydroxylation is 1.